The lowest BCUT2D eigenvalue weighted by atomic mass is 9.67. The molecule has 0 spiro atoms. The lowest BCUT2D eigenvalue weighted by molar-refractivity contribution is 0.111. The minimum Gasteiger partial charge on any atom is -0.0999 e. The van der Waals surface area contributed by atoms with Gasteiger partial charge in [0, 0.05) is 0 Å². The quantitative estimate of drug-likeness (QED) is 0.435. The Labute approximate surface area is 129 Å². The molecule has 0 saturated heterocycles. The van der Waals surface area contributed by atoms with Gasteiger partial charge in [0.15, 0.2) is 0 Å². The maximum absolute atomic E-state index is 4.15. The Kier molecular flexibility index (Phi) is 8.14. The van der Waals surface area contributed by atoms with Gasteiger partial charge in [-0.1, -0.05) is 74.5 Å². The summed E-state index contributed by atoms with van der Waals surface area (Å²) in [5.74, 6) is 6.00. The highest BCUT2D eigenvalue weighted by Crippen LogP contribution is 2.38. The highest BCUT2D eigenvalue weighted by molar-refractivity contribution is 4.97. The molecule has 0 rings (SSSR count). The number of hydrogen-bond donors (Lipinski definition) is 0. The lowest BCUT2D eigenvalue weighted by Crippen LogP contribution is -2.32. The molecule has 0 heterocycles. The third kappa shape index (κ3) is 4.93. The van der Waals surface area contributed by atoms with Crippen molar-refractivity contribution in [3.63, 3.8) is 0 Å². The fourth-order valence-corrected chi connectivity index (χ4v) is 3.43. The third-order valence-electron chi connectivity index (χ3n) is 6.76. The number of hydrogen-bond acceptors (Lipinski definition) is 0. The van der Waals surface area contributed by atoms with Crippen LogP contribution in [0.25, 0.3) is 0 Å². The van der Waals surface area contributed by atoms with Crippen molar-refractivity contribution in [2.24, 2.45) is 47.3 Å². The second kappa shape index (κ2) is 8.25. The lowest BCUT2D eigenvalue weighted by Gasteiger charge is -2.39. The fraction of sp³-hybridized carbons (Fsp3) is 0.900. The van der Waals surface area contributed by atoms with Crippen LogP contribution < -0.4 is 0 Å². The van der Waals surface area contributed by atoms with Gasteiger partial charge in [-0.2, -0.15) is 0 Å². The van der Waals surface area contributed by atoms with E-state index in [0.29, 0.717) is 11.8 Å². The molecule has 7 unspecified atom stereocenters. The van der Waals surface area contributed by atoms with E-state index in [0.717, 1.165) is 35.5 Å². The van der Waals surface area contributed by atoms with E-state index in [1.165, 1.54) is 5.57 Å². The maximum atomic E-state index is 4.15. The van der Waals surface area contributed by atoms with Crippen LogP contribution in [-0.4, -0.2) is 0 Å². The summed E-state index contributed by atoms with van der Waals surface area (Å²) in [6.07, 6.45) is 0. The Morgan fingerprint density at radius 2 is 0.850 bits per heavy atom. The summed E-state index contributed by atoms with van der Waals surface area (Å²) in [6, 6.07) is 0. The molecule has 0 fully saturated rings. The topological polar surface area (TPSA) is 0 Å². The number of rotatable bonds is 8. The Hall–Kier alpha value is -0.260. The standard InChI is InChI=1S/C20H40/c1-12(2)14(5)16(7)18(9)20(11)19(10)17(8)15(6)13(3)4/h13-20H,1H2,2-11H3. The molecule has 0 aromatic rings. The fourth-order valence-electron chi connectivity index (χ4n) is 3.43. The summed E-state index contributed by atoms with van der Waals surface area (Å²) in [5, 5.41) is 0. The van der Waals surface area contributed by atoms with E-state index in [-0.39, 0.29) is 0 Å². The molecule has 0 N–H and O–H groups in total. The van der Waals surface area contributed by atoms with E-state index in [4.69, 9.17) is 0 Å². The molecule has 0 saturated carbocycles. The van der Waals surface area contributed by atoms with Crippen LogP contribution in [0.4, 0.5) is 0 Å². The molecule has 0 aromatic carbocycles. The molecule has 120 valence electrons. The van der Waals surface area contributed by atoms with Crippen LogP contribution >= 0.6 is 0 Å². The number of allylic oxidation sites excluding steroid dienone is 1. The van der Waals surface area contributed by atoms with Crippen molar-refractivity contribution < 1.29 is 0 Å². The molecule has 20 heavy (non-hydrogen) atoms. The summed E-state index contributed by atoms with van der Waals surface area (Å²) >= 11 is 0. The van der Waals surface area contributed by atoms with Gasteiger partial charge in [0.05, 0.1) is 0 Å². The van der Waals surface area contributed by atoms with Gasteiger partial charge in [0.25, 0.3) is 0 Å². The van der Waals surface area contributed by atoms with Crippen molar-refractivity contribution in [2.75, 3.05) is 0 Å². The maximum Gasteiger partial charge on any atom is -0.0209 e. The summed E-state index contributed by atoms with van der Waals surface area (Å²) in [4.78, 5) is 0. The second-order valence-corrected chi connectivity index (χ2v) is 8.03. The van der Waals surface area contributed by atoms with Gasteiger partial charge in [-0.3, -0.25) is 0 Å². The molecule has 0 amide bonds. The molecule has 0 aliphatic heterocycles. The monoisotopic (exact) mass is 280 g/mol. The van der Waals surface area contributed by atoms with Crippen LogP contribution in [0.5, 0.6) is 0 Å². The first-order valence-corrected chi connectivity index (χ1v) is 8.67. The van der Waals surface area contributed by atoms with Gasteiger partial charge >= 0.3 is 0 Å². The smallest absolute Gasteiger partial charge is 0.0209 e. The van der Waals surface area contributed by atoms with Gasteiger partial charge in [-0.25, -0.2) is 0 Å². The van der Waals surface area contributed by atoms with Crippen molar-refractivity contribution >= 4 is 0 Å². The summed E-state index contributed by atoms with van der Waals surface area (Å²) in [5.41, 5.74) is 1.33. The molecule has 0 aromatic heterocycles. The first-order valence-electron chi connectivity index (χ1n) is 8.67. The molecule has 0 heteroatoms. The van der Waals surface area contributed by atoms with E-state index in [1.54, 1.807) is 0 Å². The van der Waals surface area contributed by atoms with Gasteiger partial charge in [0.1, 0.15) is 0 Å². The molecule has 7 atom stereocenters. The van der Waals surface area contributed by atoms with E-state index < -0.39 is 0 Å². The Morgan fingerprint density at radius 3 is 1.15 bits per heavy atom. The van der Waals surface area contributed by atoms with Crippen molar-refractivity contribution in [2.45, 2.75) is 69.2 Å². The Balaban J connectivity index is 4.79. The first-order chi connectivity index (χ1) is 9.02. The molecule has 0 bridgehead atoms. The molecule has 0 radical (unpaired) electrons. The normalized spacial score (nSPS) is 22.8. The van der Waals surface area contributed by atoms with Gasteiger partial charge in [-0.15, -0.1) is 0 Å². The molecule has 0 aliphatic rings. The van der Waals surface area contributed by atoms with Crippen LogP contribution in [0.1, 0.15) is 69.2 Å². The zero-order chi connectivity index (χ0) is 16.2. The van der Waals surface area contributed by atoms with E-state index >= 15 is 0 Å². The highest BCUT2D eigenvalue weighted by atomic mass is 14.4. The molecular formula is C20H40. The van der Waals surface area contributed by atoms with E-state index in [2.05, 4.69) is 75.8 Å². The Bertz CT molecular complexity index is 288. The predicted octanol–water partition coefficient (Wildman–Crippen LogP) is 6.67. The average molecular weight is 281 g/mol. The van der Waals surface area contributed by atoms with Gasteiger partial charge in [0.2, 0.25) is 0 Å². The van der Waals surface area contributed by atoms with Crippen LogP contribution in [0, 0.1) is 47.3 Å². The zero-order valence-electron chi connectivity index (χ0n) is 15.8. The molecular weight excluding hydrogens is 240 g/mol. The molecule has 0 nitrogen and oxygen atoms in total. The highest BCUT2D eigenvalue weighted by Gasteiger charge is 2.31. The zero-order valence-corrected chi connectivity index (χ0v) is 15.8. The van der Waals surface area contributed by atoms with Crippen LogP contribution in [0.3, 0.4) is 0 Å². The largest absolute Gasteiger partial charge is 0.0999 e. The van der Waals surface area contributed by atoms with E-state index in [9.17, 15) is 0 Å². The van der Waals surface area contributed by atoms with Crippen LogP contribution in [-0.2, 0) is 0 Å². The summed E-state index contributed by atoms with van der Waals surface area (Å²) in [7, 11) is 0. The minimum atomic E-state index is 0.623. The van der Waals surface area contributed by atoms with Crippen molar-refractivity contribution in [1.82, 2.24) is 0 Å². The SMILES string of the molecule is C=C(C)C(C)C(C)C(C)C(C)C(C)C(C)C(C)C(C)C. The van der Waals surface area contributed by atoms with E-state index in [1.807, 2.05) is 0 Å². The van der Waals surface area contributed by atoms with Crippen molar-refractivity contribution in [3.8, 4) is 0 Å². The van der Waals surface area contributed by atoms with Crippen molar-refractivity contribution in [3.05, 3.63) is 12.2 Å². The van der Waals surface area contributed by atoms with Crippen LogP contribution in [0.2, 0.25) is 0 Å². The second-order valence-electron chi connectivity index (χ2n) is 8.03. The average Bonchev–Trinajstić information content (AvgIpc) is 2.40. The van der Waals surface area contributed by atoms with Gasteiger partial charge < -0.3 is 0 Å². The Morgan fingerprint density at radius 1 is 0.550 bits per heavy atom. The first kappa shape index (κ1) is 19.7. The summed E-state index contributed by atoms with van der Waals surface area (Å²) < 4.78 is 0. The van der Waals surface area contributed by atoms with Gasteiger partial charge in [-0.05, 0) is 54.3 Å². The predicted molar refractivity (Wildman–Crippen MR) is 93.8 cm³/mol. The van der Waals surface area contributed by atoms with Crippen LogP contribution in [0.15, 0.2) is 12.2 Å². The minimum absolute atomic E-state index is 0.623. The molecule has 0 aliphatic carbocycles. The summed E-state index contributed by atoms with van der Waals surface area (Å²) in [6.45, 7) is 28.0. The van der Waals surface area contributed by atoms with Crippen molar-refractivity contribution in [1.29, 1.82) is 0 Å². The third-order valence-corrected chi connectivity index (χ3v) is 6.76.